The van der Waals surface area contributed by atoms with Gasteiger partial charge >= 0.3 is 0 Å². The molecule has 2 aromatic carbocycles. The molecule has 176 valence electrons. The molecule has 0 aliphatic heterocycles. The molecular formula is C25H22N6O2S2. The van der Waals surface area contributed by atoms with E-state index in [9.17, 15) is 8.42 Å². The van der Waals surface area contributed by atoms with Crippen LogP contribution in [0.25, 0.3) is 21.3 Å². The molecule has 0 aliphatic rings. The van der Waals surface area contributed by atoms with E-state index >= 15 is 0 Å². The van der Waals surface area contributed by atoms with Crippen molar-refractivity contribution in [3.8, 4) is 11.1 Å². The van der Waals surface area contributed by atoms with Crippen molar-refractivity contribution in [2.24, 2.45) is 0 Å². The lowest BCUT2D eigenvalue weighted by molar-refractivity contribution is 0.601. The Hall–Kier alpha value is -3.89. The molecule has 35 heavy (non-hydrogen) atoms. The maximum Gasteiger partial charge on any atom is 0.264 e. The summed E-state index contributed by atoms with van der Waals surface area (Å²) in [5.74, 6) is 0.707. The van der Waals surface area contributed by atoms with Crippen molar-refractivity contribution in [2.75, 3.05) is 10.0 Å². The number of anilines is 3. The van der Waals surface area contributed by atoms with Crippen LogP contribution in [0.2, 0.25) is 0 Å². The summed E-state index contributed by atoms with van der Waals surface area (Å²) in [6.45, 7) is 5.63. The molecule has 8 nitrogen and oxygen atoms in total. The summed E-state index contributed by atoms with van der Waals surface area (Å²) in [5.41, 5.74) is 5.39. The van der Waals surface area contributed by atoms with Crippen LogP contribution in [0.4, 0.5) is 17.5 Å². The highest BCUT2D eigenvalue weighted by Crippen LogP contribution is 2.37. The van der Waals surface area contributed by atoms with Gasteiger partial charge in [-0.3, -0.25) is 0 Å². The Balaban J connectivity index is 1.42. The van der Waals surface area contributed by atoms with Gasteiger partial charge in [-0.05, 0) is 56.7 Å². The quantitative estimate of drug-likeness (QED) is 0.310. The lowest BCUT2D eigenvalue weighted by Crippen LogP contribution is -2.15. The summed E-state index contributed by atoms with van der Waals surface area (Å²) in [6.07, 6.45) is 1.52. The van der Waals surface area contributed by atoms with Crippen LogP contribution in [0.3, 0.4) is 0 Å². The molecule has 0 saturated carbocycles. The second kappa shape index (κ2) is 9.05. The van der Waals surface area contributed by atoms with E-state index in [1.165, 1.54) is 24.0 Å². The van der Waals surface area contributed by atoms with E-state index < -0.39 is 10.0 Å². The van der Waals surface area contributed by atoms with E-state index in [1.54, 1.807) is 43.4 Å². The third-order valence-electron chi connectivity index (χ3n) is 5.37. The van der Waals surface area contributed by atoms with Gasteiger partial charge in [0.05, 0.1) is 10.3 Å². The average Bonchev–Trinajstić information content (AvgIpc) is 3.24. The van der Waals surface area contributed by atoms with Gasteiger partial charge in [0.1, 0.15) is 17.0 Å². The number of hydrogen-bond donors (Lipinski definition) is 2. The first kappa shape index (κ1) is 22.9. The number of thiophene rings is 1. The molecule has 0 amide bonds. The van der Waals surface area contributed by atoms with E-state index in [2.05, 4.69) is 66.5 Å². The summed E-state index contributed by atoms with van der Waals surface area (Å²) in [6, 6.07) is 16.5. The lowest BCUT2D eigenvalue weighted by Gasteiger charge is -2.11. The highest BCUT2D eigenvalue weighted by Gasteiger charge is 2.17. The smallest absolute Gasteiger partial charge is 0.264 e. The first-order valence-electron chi connectivity index (χ1n) is 10.8. The number of rotatable bonds is 6. The van der Waals surface area contributed by atoms with Crippen molar-refractivity contribution >= 4 is 49.0 Å². The number of hydrogen-bond acceptors (Lipinski definition) is 8. The van der Waals surface area contributed by atoms with Gasteiger partial charge in [0.25, 0.3) is 10.0 Å². The average molecular weight is 503 g/mol. The Morgan fingerprint density at radius 2 is 1.54 bits per heavy atom. The molecule has 3 heterocycles. The normalized spacial score (nSPS) is 11.5. The molecule has 0 aliphatic carbocycles. The monoisotopic (exact) mass is 502 g/mol. The molecule has 5 aromatic rings. The molecule has 0 radical (unpaired) electrons. The van der Waals surface area contributed by atoms with Crippen LogP contribution in [0, 0.1) is 20.8 Å². The van der Waals surface area contributed by atoms with E-state index in [0.29, 0.717) is 22.9 Å². The van der Waals surface area contributed by atoms with Gasteiger partial charge in [-0.1, -0.05) is 29.8 Å². The zero-order chi connectivity index (χ0) is 24.6. The van der Waals surface area contributed by atoms with Crippen molar-refractivity contribution < 1.29 is 8.42 Å². The lowest BCUT2D eigenvalue weighted by atomic mass is 10.0. The van der Waals surface area contributed by atoms with Gasteiger partial charge in [0, 0.05) is 28.0 Å². The van der Waals surface area contributed by atoms with Gasteiger partial charge in [-0.2, -0.15) is 0 Å². The minimum absolute atomic E-state index is 0.0502. The highest BCUT2D eigenvalue weighted by molar-refractivity contribution is 7.92. The maximum atomic E-state index is 12.8. The topological polar surface area (TPSA) is 110 Å². The van der Waals surface area contributed by atoms with Gasteiger partial charge in [-0.25, -0.2) is 33.1 Å². The van der Waals surface area contributed by atoms with Crippen LogP contribution in [-0.2, 0) is 10.0 Å². The molecule has 0 atom stereocenters. The van der Waals surface area contributed by atoms with Crippen molar-refractivity contribution in [3.05, 3.63) is 83.3 Å². The molecule has 0 fully saturated rings. The Bertz CT molecular complexity index is 1610. The minimum Gasteiger partial charge on any atom is -0.340 e. The standard InChI is InChI=1S/C25H22N6O2S2/c1-15-4-6-18(7-5-15)21-13-34-24-22(21)23(26-14-27-24)30-19-8-10-20(11-9-19)35(32,33)31-25-28-16(2)12-17(3)29-25/h4-14H,1-3H3,(H,26,27,30)(H,28,29,31). The van der Waals surface area contributed by atoms with Crippen LogP contribution >= 0.6 is 11.3 Å². The van der Waals surface area contributed by atoms with Crippen molar-refractivity contribution in [3.63, 3.8) is 0 Å². The second-order valence-corrected chi connectivity index (χ2v) is 10.7. The van der Waals surface area contributed by atoms with Crippen molar-refractivity contribution in [2.45, 2.75) is 25.7 Å². The minimum atomic E-state index is -3.84. The van der Waals surface area contributed by atoms with Crippen LogP contribution in [0.1, 0.15) is 17.0 Å². The van der Waals surface area contributed by atoms with Crippen molar-refractivity contribution in [1.82, 2.24) is 19.9 Å². The van der Waals surface area contributed by atoms with Gasteiger partial charge in [0.2, 0.25) is 5.95 Å². The van der Waals surface area contributed by atoms with E-state index in [4.69, 9.17) is 0 Å². The van der Waals surface area contributed by atoms with E-state index in [0.717, 1.165) is 21.3 Å². The van der Waals surface area contributed by atoms with Gasteiger partial charge < -0.3 is 5.32 Å². The third-order valence-corrected chi connectivity index (χ3v) is 7.60. The zero-order valence-electron chi connectivity index (χ0n) is 19.3. The Morgan fingerprint density at radius 3 is 2.23 bits per heavy atom. The summed E-state index contributed by atoms with van der Waals surface area (Å²) in [7, 11) is -3.84. The van der Waals surface area contributed by atoms with Crippen LogP contribution in [0.15, 0.2) is 71.2 Å². The molecule has 0 spiro atoms. The number of benzene rings is 2. The largest absolute Gasteiger partial charge is 0.340 e. The summed E-state index contributed by atoms with van der Waals surface area (Å²) < 4.78 is 28.1. The van der Waals surface area contributed by atoms with Crippen LogP contribution in [0.5, 0.6) is 0 Å². The van der Waals surface area contributed by atoms with Crippen LogP contribution in [-0.4, -0.2) is 28.4 Å². The molecule has 2 N–H and O–H groups in total. The van der Waals surface area contributed by atoms with Crippen molar-refractivity contribution in [1.29, 1.82) is 0 Å². The number of fused-ring (bicyclic) bond motifs is 1. The predicted molar refractivity (Wildman–Crippen MR) is 140 cm³/mol. The zero-order valence-corrected chi connectivity index (χ0v) is 20.9. The molecule has 5 rings (SSSR count). The fraction of sp³-hybridized carbons (Fsp3) is 0.120. The number of sulfonamides is 1. The highest BCUT2D eigenvalue weighted by atomic mass is 32.2. The number of aryl methyl sites for hydroxylation is 3. The molecule has 10 heteroatoms. The summed E-state index contributed by atoms with van der Waals surface area (Å²) in [5, 5.41) is 6.31. The SMILES string of the molecule is Cc1ccc(-c2csc3ncnc(Nc4ccc(S(=O)(=O)Nc5nc(C)cc(C)n5)cc4)c23)cc1. The number of nitrogens with one attached hydrogen (secondary N) is 2. The van der Waals surface area contributed by atoms with Crippen LogP contribution < -0.4 is 10.0 Å². The molecule has 0 unspecified atom stereocenters. The predicted octanol–water partition coefficient (Wildman–Crippen LogP) is 5.62. The fourth-order valence-corrected chi connectivity index (χ4v) is 5.58. The third kappa shape index (κ3) is 4.84. The molecule has 3 aromatic heterocycles. The van der Waals surface area contributed by atoms with E-state index in [1.807, 2.05) is 0 Å². The molecular weight excluding hydrogens is 480 g/mol. The Labute approximate surface area is 207 Å². The molecule has 0 bridgehead atoms. The number of nitrogens with zero attached hydrogens (tertiary/aromatic N) is 4. The first-order valence-corrected chi connectivity index (χ1v) is 13.2. The molecule has 0 saturated heterocycles. The number of aromatic nitrogens is 4. The Kier molecular flexibility index (Phi) is 5.91. The van der Waals surface area contributed by atoms with E-state index in [-0.39, 0.29) is 10.8 Å². The maximum absolute atomic E-state index is 12.8. The Morgan fingerprint density at radius 1 is 0.857 bits per heavy atom. The van der Waals surface area contributed by atoms with Gasteiger partial charge in [0.15, 0.2) is 0 Å². The summed E-state index contributed by atoms with van der Waals surface area (Å²) in [4.78, 5) is 18.2. The second-order valence-electron chi connectivity index (χ2n) is 8.15. The van der Waals surface area contributed by atoms with Gasteiger partial charge in [-0.15, -0.1) is 11.3 Å². The fourth-order valence-electron chi connectivity index (χ4n) is 3.72. The first-order chi connectivity index (χ1) is 16.8. The summed E-state index contributed by atoms with van der Waals surface area (Å²) >= 11 is 1.56.